The molecule has 0 aliphatic carbocycles. The lowest BCUT2D eigenvalue weighted by Gasteiger charge is -2.12. The number of aromatic nitrogens is 1. The molecule has 0 fully saturated rings. The summed E-state index contributed by atoms with van der Waals surface area (Å²) in [7, 11) is 1.77. The lowest BCUT2D eigenvalue weighted by molar-refractivity contribution is 0.665. The first kappa shape index (κ1) is 14.5. The van der Waals surface area contributed by atoms with Crippen LogP contribution in [-0.2, 0) is 13.1 Å². The minimum atomic E-state index is 0.698. The van der Waals surface area contributed by atoms with Crippen molar-refractivity contribution in [1.29, 1.82) is 0 Å². The first-order valence-corrected chi connectivity index (χ1v) is 6.95. The summed E-state index contributed by atoms with van der Waals surface area (Å²) in [6.07, 6.45) is 4.09. The number of nitrogens with zero attached hydrogens (tertiary/aromatic N) is 2. The Morgan fingerprint density at radius 3 is 2.70 bits per heavy atom. The van der Waals surface area contributed by atoms with E-state index >= 15 is 0 Å². The number of nitrogens with one attached hydrogen (secondary N) is 2. The second kappa shape index (κ2) is 7.60. The van der Waals surface area contributed by atoms with Crippen LogP contribution in [-0.4, -0.2) is 24.1 Å². The van der Waals surface area contributed by atoms with Gasteiger partial charge >= 0.3 is 0 Å². The smallest absolute Gasteiger partial charge is 0.191 e. The molecule has 0 unspecified atom stereocenters. The van der Waals surface area contributed by atoms with E-state index in [4.69, 9.17) is 11.6 Å². The van der Waals surface area contributed by atoms with Crippen LogP contribution in [0.5, 0.6) is 0 Å². The number of aliphatic imine (C=N–C) groups is 1. The number of hydrogen-bond donors (Lipinski definition) is 2. The molecule has 0 saturated heterocycles. The van der Waals surface area contributed by atoms with Gasteiger partial charge in [0.25, 0.3) is 0 Å². The van der Waals surface area contributed by atoms with Crippen LogP contribution in [0.4, 0.5) is 0 Å². The molecule has 0 radical (unpaired) electrons. The Morgan fingerprint density at radius 2 is 2.00 bits per heavy atom. The maximum absolute atomic E-state index is 5.96. The van der Waals surface area contributed by atoms with Crippen LogP contribution in [0, 0.1) is 0 Å². The van der Waals surface area contributed by atoms with Crippen LogP contribution < -0.4 is 10.6 Å². The predicted molar refractivity (Wildman–Crippen MR) is 84.1 cm³/mol. The van der Waals surface area contributed by atoms with E-state index < -0.39 is 0 Å². The molecule has 5 heteroatoms. The van der Waals surface area contributed by atoms with Crippen molar-refractivity contribution in [1.82, 2.24) is 15.2 Å². The Labute approximate surface area is 124 Å². The second-order valence-corrected chi connectivity index (χ2v) is 4.84. The standard InChI is InChI=1S/C15H19ClN4/c1-17-15(18-7-10-20-8-2-3-9-20)19-12-13-5-4-6-14(16)11-13/h2-6,8-9,11H,7,10,12H2,1H3,(H2,17,18,19). The van der Waals surface area contributed by atoms with Crippen molar-refractivity contribution in [3.8, 4) is 0 Å². The molecular formula is C15H19ClN4. The molecule has 20 heavy (non-hydrogen) atoms. The topological polar surface area (TPSA) is 41.4 Å². The van der Waals surface area contributed by atoms with Crippen molar-refractivity contribution in [3.05, 3.63) is 59.4 Å². The van der Waals surface area contributed by atoms with Gasteiger partial charge in [-0.25, -0.2) is 0 Å². The SMILES string of the molecule is CN=C(NCCn1cccc1)NCc1cccc(Cl)c1. The Balaban J connectivity index is 1.75. The molecule has 1 aromatic carbocycles. The molecular weight excluding hydrogens is 272 g/mol. The largest absolute Gasteiger partial charge is 0.355 e. The van der Waals surface area contributed by atoms with E-state index in [1.54, 1.807) is 7.05 Å². The second-order valence-electron chi connectivity index (χ2n) is 4.40. The van der Waals surface area contributed by atoms with E-state index in [0.717, 1.165) is 29.6 Å². The lowest BCUT2D eigenvalue weighted by Crippen LogP contribution is -2.38. The van der Waals surface area contributed by atoms with Gasteiger partial charge in [0.05, 0.1) is 0 Å². The fraction of sp³-hybridized carbons (Fsp3) is 0.267. The minimum Gasteiger partial charge on any atom is -0.355 e. The van der Waals surface area contributed by atoms with E-state index in [0.29, 0.717) is 6.54 Å². The third-order valence-electron chi connectivity index (χ3n) is 2.90. The molecule has 0 spiro atoms. The summed E-state index contributed by atoms with van der Waals surface area (Å²) in [4.78, 5) is 4.20. The van der Waals surface area contributed by atoms with Gasteiger partial charge in [-0.2, -0.15) is 0 Å². The number of hydrogen-bond acceptors (Lipinski definition) is 1. The highest BCUT2D eigenvalue weighted by Gasteiger charge is 1.98. The molecule has 0 aliphatic heterocycles. The molecule has 0 saturated carbocycles. The molecule has 2 rings (SSSR count). The molecule has 1 aromatic heterocycles. The lowest BCUT2D eigenvalue weighted by atomic mass is 10.2. The van der Waals surface area contributed by atoms with Crippen LogP contribution in [0.15, 0.2) is 53.8 Å². The number of benzene rings is 1. The Bertz CT molecular complexity index is 549. The fourth-order valence-corrected chi connectivity index (χ4v) is 2.09. The fourth-order valence-electron chi connectivity index (χ4n) is 1.88. The average Bonchev–Trinajstić information content (AvgIpc) is 2.96. The Kier molecular flexibility index (Phi) is 5.50. The third kappa shape index (κ3) is 4.63. The monoisotopic (exact) mass is 290 g/mol. The van der Waals surface area contributed by atoms with E-state index in [9.17, 15) is 0 Å². The molecule has 2 aromatic rings. The average molecular weight is 291 g/mol. The van der Waals surface area contributed by atoms with E-state index in [2.05, 4.69) is 20.2 Å². The highest BCUT2D eigenvalue weighted by Crippen LogP contribution is 2.10. The van der Waals surface area contributed by atoms with Crippen molar-refractivity contribution in [3.63, 3.8) is 0 Å². The summed E-state index contributed by atoms with van der Waals surface area (Å²) < 4.78 is 2.12. The molecule has 4 nitrogen and oxygen atoms in total. The van der Waals surface area contributed by atoms with Crippen molar-refractivity contribution < 1.29 is 0 Å². The summed E-state index contributed by atoms with van der Waals surface area (Å²) in [6.45, 7) is 2.43. The summed E-state index contributed by atoms with van der Waals surface area (Å²) >= 11 is 5.96. The van der Waals surface area contributed by atoms with Crippen molar-refractivity contribution in [2.45, 2.75) is 13.1 Å². The molecule has 0 aliphatic rings. The highest BCUT2D eigenvalue weighted by atomic mass is 35.5. The molecule has 0 bridgehead atoms. The number of rotatable bonds is 5. The summed E-state index contributed by atoms with van der Waals surface area (Å²) in [5, 5.41) is 7.29. The number of guanidine groups is 1. The van der Waals surface area contributed by atoms with Gasteiger partial charge in [-0.3, -0.25) is 4.99 Å². The summed E-state index contributed by atoms with van der Waals surface area (Å²) in [6, 6.07) is 11.8. The zero-order valence-electron chi connectivity index (χ0n) is 11.5. The predicted octanol–water partition coefficient (Wildman–Crippen LogP) is 2.51. The normalized spacial score (nSPS) is 11.4. The molecule has 0 amide bonds. The minimum absolute atomic E-state index is 0.698. The quantitative estimate of drug-likeness (QED) is 0.656. The van der Waals surface area contributed by atoms with E-state index in [1.165, 1.54) is 0 Å². The van der Waals surface area contributed by atoms with E-state index in [1.807, 2.05) is 48.8 Å². The van der Waals surface area contributed by atoms with Crippen molar-refractivity contribution >= 4 is 17.6 Å². The van der Waals surface area contributed by atoms with Crippen LogP contribution in [0.2, 0.25) is 5.02 Å². The Hall–Kier alpha value is -1.94. The van der Waals surface area contributed by atoms with Crippen LogP contribution in [0.1, 0.15) is 5.56 Å². The Morgan fingerprint density at radius 1 is 1.20 bits per heavy atom. The maximum Gasteiger partial charge on any atom is 0.191 e. The van der Waals surface area contributed by atoms with Crippen molar-refractivity contribution in [2.24, 2.45) is 4.99 Å². The number of halogens is 1. The van der Waals surface area contributed by atoms with Gasteiger partial charge in [0.1, 0.15) is 0 Å². The van der Waals surface area contributed by atoms with Gasteiger partial charge < -0.3 is 15.2 Å². The van der Waals surface area contributed by atoms with Crippen LogP contribution in [0.25, 0.3) is 0 Å². The van der Waals surface area contributed by atoms with Gasteiger partial charge in [-0.1, -0.05) is 23.7 Å². The molecule has 2 N–H and O–H groups in total. The van der Waals surface area contributed by atoms with E-state index in [-0.39, 0.29) is 0 Å². The van der Waals surface area contributed by atoms with Gasteiger partial charge in [0, 0.05) is 44.1 Å². The van der Waals surface area contributed by atoms with Gasteiger partial charge in [-0.05, 0) is 29.8 Å². The summed E-state index contributed by atoms with van der Waals surface area (Å²) in [5.74, 6) is 0.789. The van der Waals surface area contributed by atoms with Crippen LogP contribution >= 0.6 is 11.6 Å². The highest BCUT2D eigenvalue weighted by molar-refractivity contribution is 6.30. The molecule has 1 heterocycles. The molecule has 0 atom stereocenters. The zero-order chi connectivity index (χ0) is 14.2. The first-order chi connectivity index (χ1) is 9.78. The van der Waals surface area contributed by atoms with Gasteiger partial charge in [-0.15, -0.1) is 0 Å². The molecule has 106 valence electrons. The van der Waals surface area contributed by atoms with Crippen LogP contribution in [0.3, 0.4) is 0 Å². The summed E-state index contributed by atoms with van der Waals surface area (Å²) in [5.41, 5.74) is 1.13. The van der Waals surface area contributed by atoms with Crippen molar-refractivity contribution in [2.75, 3.05) is 13.6 Å². The first-order valence-electron chi connectivity index (χ1n) is 6.57. The van der Waals surface area contributed by atoms with Gasteiger partial charge in [0.2, 0.25) is 0 Å². The van der Waals surface area contributed by atoms with Gasteiger partial charge in [0.15, 0.2) is 5.96 Å². The third-order valence-corrected chi connectivity index (χ3v) is 3.14. The zero-order valence-corrected chi connectivity index (χ0v) is 12.3. The maximum atomic E-state index is 5.96.